The molecule has 1 aliphatic rings. The van der Waals surface area contributed by atoms with Crippen LogP contribution in [0.1, 0.15) is 49.8 Å². The molecule has 0 atom stereocenters. The summed E-state index contributed by atoms with van der Waals surface area (Å²) in [5.74, 6) is 2.17. The van der Waals surface area contributed by atoms with E-state index in [0.29, 0.717) is 42.1 Å². The molecule has 1 fully saturated rings. The molecule has 0 aromatic heterocycles. The molecule has 1 saturated heterocycles. The summed E-state index contributed by atoms with van der Waals surface area (Å²) in [6.45, 7) is 9.79. The van der Waals surface area contributed by atoms with Crippen LogP contribution in [0.4, 0.5) is 4.79 Å². The van der Waals surface area contributed by atoms with Gasteiger partial charge in [0, 0.05) is 6.42 Å². The van der Waals surface area contributed by atoms with Crippen molar-refractivity contribution in [2.45, 2.75) is 40.0 Å². The maximum absolute atomic E-state index is 11.8. The van der Waals surface area contributed by atoms with Crippen LogP contribution in [0.15, 0.2) is 41.3 Å². The maximum atomic E-state index is 11.8. The van der Waals surface area contributed by atoms with E-state index < -0.39 is 0 Å². The van der Waals surface area contributed by atoms with Crippen LogP contribution < -0.4 is 19.5 Å². The standard InChI is InChI=1S/C25H29NO5S/c1-5-29-22-14-18(15-23-24(27)26-25(28)32-23)8-10-20(22)30-11-6-12-31-21-13-17(4)7-9-19(21)16(2)3/h7-10,13-16H,5-6,11-12H2,1-4H3,(H,26,27,28). The van der Waals surface area contributed by atoms with Crippen LogP contribution >= 0.6 is 11.8 Å². The summed E-state index contributed by atoms with van der Waals surface area (Å²) >= 11 is 0.888. The molecular weight excluding hydrogens is 426 g/mol. The predicted octanol–water partition coefficient (Wildman–Crippen LogP) is 5.69. The van der Waals surface area contributed by atoms with Gasteiger partial charge in [0.2, 0.25) is 0 Å². The van der Waals surface area contributed by atoms with E-state index >= 15 is 0 Å². The van der Waals surface area contributed by atoms with Gasteiger partial charge in [0.1, 0.15) is 5.75 Å². The van der Waals surface area contributed by atoms with Gasteiger partial charge in [-0.05, 0) is 72.5 Å². The Kier molecular flexibility index (Phi) is 8.22. The number of thioether (sulfide) groups is 1. The molecule has 2 aromatic rings. The molecule has 2 amide bonds. The third-order valence-corrected chi connectivity index (χ3v) is 5.61. The molecule has 1 aliphatic heterocycles. The van der Waals surface area contributed by atoms with Crippen molar-refractivity contribution in [1.82, 2.24) is 5.32 Å². The highest BCUT2D eigenvalue weighted by Gasteiger charge is 2.25. The zero-order valence-corrected chi connectivity index (χ0v) is 19.7. The number of nitrogens with one attached hydrogen (secondary N) is 1. The van der Waals surface area contributed by atoms with Crippen LogP contribution in [-0.2, 0) is 4.79 Å². The second-order valence-corrected chi connectivity index (χ2v) is 8.75. The minimum absolute atomic E-state index is 0.361. The number of carbonyl (C=O) groups excluding carboxylic acids is 2. The van der Waals surface area contributed by atoms with Crippen LogP contribution in [0.3, 0.4) is 0 Å². The summed E-state index contributed by atoms with van der Waals surface area (Å²) in [5, 5.41) is 1.89. The van der Waals surface area contributed by atoms with E-state index in [4.69, 9.17) is 14.2 Å². The summed E-state index contributed by atoms with van der Waals surface area (Å²) in [4.78, 5) is 23.5. The largest absolute Gasteiger partial charge is 0.493 e. The van der Waals surface area contributed by atoms with Crippen molar-refractivity contribution in [2.24, 2.45) is 0 Å². The third-order valence-electron chi connectivity index (χ3n) is 4.80. The van der Waals surface area contributed by atoms with Crippen molar-refractivity contribution < 1.29 is 23.8 Å². The average Bonchev–Trinajstić information content (AvgIpc) is 3.05. The number of rotatable bonds is 10. The van der Waals surface area contributed by atoms with E-state index in [-0.39, 0.29) is 11.1 Å². The van der Waals surface area contributed by atoms with Gasteiger partial charge < -0.3 is 14.2 Å². The van der Waals surface area contributed by atoms with Gasteiger partial charge >= 0.3 is 0 Å². The van der Waals surface area contributed by atoms with E-state index in [0.717, 1.165) is 29.5 Å². The number of benzene rings is 2. The summed E-state index contributed by atoms with van der Waals surface area (Å²) in [6, 6.07) is 11.8. The molecule has 0 aliphatic carbocycles. The maximum Gasteiger partial charge on any atom is 0.290 e. The molecule has 32 heavy (non-hydrogen) atoms. The van der Waals surface area contributed by atoms with Gasteiger partial charge in [-0.1, -0.05) is 32.0 Å². The minimum Gasteiger partial charge on any atom is -0.493 e. The number of carbonyl (C=O) groups is 2. The van der Waals surface area contributed by atoms with Crippen LogP contribution in [0.2, 0.25) is 0 Å². The fourth-order valence-electron chi connectivity index (χ4n) is 3.24. The lowest BCUT2D eigenvalue weighted by molar-refractivity contribution is -0.115. The Labute approximate surface area is 193 Å². The van der Waals surface area contributed by atoms with Gasteiger partial charge in [-0.15, -0.1) is 0 Å². The van der Waals surface area contributed by atoms with Crippen molar-refractivity contribution in [1.29, 1.82) is 0 Å². The fourth-order valence-corrected chi connectivity index (χ4v) is 3.92. The Bertz CT molecular complexity index is 1020. The van der Waals surface area contributed by atoms with Crippen molar-refractivity contribution >= 4 is 29.0 Å². The highest BCUT2D eigenvalue weighted by Crippen LogP contribution is 2.32. The fraction of sp³-hybridized carbons (Fsp3) is 0.360. The van der Waals surface area contributed by atoms with Crippen molar-refractivity contribution in [3.8, 4) is 17.2 Å². The van der Waals surface area contributed by atoms with E-state index in [1.165, 1.54) is 11.1 Å². The zero-order chi connectivity index (χ0) is 23.1. The molecule has 2 aromatic carbocycles. The lowest BCUT2D eigenvalue weighted by atomic mass is 10.0. The lowest BCUT2D eigenvalue weighted by Crippen LogP contribution is -2.17. The number of imide groups is 1. The molecule has 1 N–H and O–H groups in total. The average molecular weight is 456 g/mol. The molecule has 0 radical (unpaired) electrons. The summed E-state index contributed by atoms with van der Waals surface area (Å²) in [7, 11) is 0. The SMILES string of the molecule is CCOc1cc(C=C2SC(=O)NC2=O)ccc1OCCCOc1cc(C)ccc1C(C)C. The monoisotopic (exact) mass is 455 g/mol. The Hall–Kier alpha value is -2.93. The topological polar surface area (TPSA) is 73.9 Å². The summed E-state index contributed by atoms with van der Waals surface area (Å²) in [6.07, 6.45) is 2.39. The Balaban J connectivity index is 1.58. The molecule has 6 nitrogen and oxygen atoms in total. The third kappa shape index (κ3) is 6.29. The number of aryl methyl sites for hydroxylation is 1. The van der Waals surface area contributed by atoms with Crippen molar-refractivity contribution in [3.63, 3.8) is 0 Å². The first-order valence-corrected chi connectivity index (χ1v) is 11.6. The molecule has 7 heteroatoms. The molecular formula is C25H29NO5S. The first-order chi connectivity index (χ1) is 15.4. The molecule has 0 spiro atoms. The Morgan fingerprint density at radius 2 is 1.72 bits per heavy atom. The number of amides is 2. The van der Waals surface area contributed by atoms with Crippen LogP contribution in [-0.4, -0.2) is 31.0 Å². The van der Waals surface area contributed by atoms with Gasteiger partial charge in [-0.2, -0.15) is 0 Å². The molecule has 1 heterocycles. The van der Waals surface area contributed by atoms with E-state index in [1.54, 1.807) is 12.1 Å². The highest BCUT2D eigenvalue weighted by molar-refractivity contribution is 8.18. The van der Waals surface area contributed by atoms with Crippen LogP contribution in [0.25, 0.3) is 6.08 Å². The number of hydrogen-bond donors (Lipinski definition) is 1. The number of ether oxygens (including phenoxy) is 3. The van der Waals surface area contributed by atoms with Crippen LogP contribution in [0.5, 0.6) is 17.2 Å². The first kappa shape index (κ1) is 23.7. The van der Waals surface area contributed by atoms with E-state index in [2.05, 4.69) is 44.3 Å². The second kappa shape index (κ2) is 11.1. The predicted molar refractivity (Wildman–Crippen MR) is 128 cm³/mol. The zero-order valence-electron chi connectivity index (χ0n) is 18.9. The Morgan fingerprint density at radius 3 is 2.38 bits per heavy atom. The van der Waals surface area contributed by atoms with E-state index in [1.807, 2.05) is 19.1 Å². The molecule has 170 valence electrons. The van der Waals surface area contributed by atoms with Gasteiger partial charge in [-0.25, -0.2) is 0 Å². The first-order valence-electron chi connectivity index (χ1n) is 10.7. The molecule has 3 rings (SSSR count). The van der Waals surface area contributed by atoms with Gasteiger partial charge in [0.05, 0.1) is 24.7 Å². The normalized spacial score (nSPS) is 14.7. The minimum atomic E-state index is -0.382. The van der Waals surface area contributed by atoms with Gasteiger partial charge in [0.25, 0.3) is 11.1 Å². The Morgan fingerprint density at radius 1 is 0.969 bits per heavy atom. The van der Waals surface area contributed by atoms with E-state index in [9.17, 15) is 9.59 Å². The smallest absolute Gasteiger partial charge is 0.290 e. The lowest BCUT2D eigenvalue weighted by Gasteiger charge is -2.16. The summed E-state index contributed by atoms with van der Waals surface area (Å²) < 4.78 is 17.7. The van der Waals surface area contributed by atoms with Crippen molar-refractivity contribution in [2.75, 3.05) is 19.8 Å². The second-order valence-electron chi connectivity index (χ2n) is 7.74. The summed E-state index contributed by atoms with van der Waals surface area (Å²) in [5.41, 5.74) is 3.14. The quantitative estimate of drug-likeness (QED) is 0.367. The molecule has 0 bridgehead atoms. The van der Waals surface area contributed by atoms with Crippen LogP contribution in [0, 0.1) is 6.92 Å². The highest BCUT2D eigenvalue weighted by atomic mass is 32.2. The van der Waals surface area contributed by atoms with Gasteiger partial charge in [0.15, 0.2) is 11.5 Å². The van der Waals surface area contributed by atoms with Gasteiger partial charge in [-0.3, -0.25) is 14.9 Å². The molecule has 0 saturated carbocycles. The number of hydrogen-bond acceptors (Lipinski definition) is 6. The van der Waals surface area contributed by atoms with Crippen molar-refractivity contribution in [3.05, 3.63) is 58.0 Å². The molecule has 0 unspecified atom stereocenters.